The van der Waals surface area contributed by atoms with Gasteiger partial charge in [-0.15, -0.1) is 0 Å². The average molecular weight is 210 g/mol. The number of hydrogen-bond acceptors (Lipinski definition) is 2. The predicted molar refractivity (Wildman–Crippen MR) is 49.1 cm³/mol. The molecule has 1 N–H and O–H groups in total. The molecule has 1 aliphatic heterocycles. The minimum absolute atomic E-state index is 0.195. The van der Waals surface area contributed by atoms with E-state index in [2.05, 4.69) is 5.32 Å². The van der Waals surface area contributed by atoms with Crippen LogP contribution in [0, 0.1) is 5.92 Å². The molecule has 0 bridgehead atoms. The molecule has 1 heterocycles. The van der Waals surface area contributed by atoms with Crippen LogP contribution in [-0.2, 0) is 0 Å². The molecule has 2 atom stereocenters. The topological polar surface area (TPSA) is 15.3 Å². The van der Waals surface area contributed by atoms with E-state index in [0.717, 1.165) is 6.54 Å². The van der Waals surface area contributed by atoms with Gasteiger partial charge in [-0.25, -0.2) is 0 Å². The second-order valence-electron chi connectivity index (χ2n) is 4.13. The van der Waals surface area contributed by atoms with Crippen LogP contribution in [0.5, 0.6) is 0 Å². The molecule has 1 aliphatic rings. The monoisotopic (exact) mass is 210 g/mol. The zero-order chi connectivity index (χ0) is 10.8. The van der Waals surface area contributed by atoms with Gasteiger partial charge in [0, 0.05) is 25.6 Å². The molecule has 2 nitrogen and oxygen atoms in total. The molecule has 1 fully saturated rings. The smallest absolute Gasteiger partial charge is 0.316 e. The standard InChI is InChI=1S/C9H17F3N2/c1-13-8-3-7(4-9(10,11)12)5-14(2)6-8/h7-8,13H,3-6H2,1-2H3. The van der Waals surface area contributed by atoms with Crippen LogP contribution in [-0.4, -0.2) is 44.3 Å². The van der Waals surface area contributed by atoms with E-state index in [4.69, 9.17) is 0 Å². The third kappa shape index (κ3) is 3.84. The van der Waals surface area contributed by atoms with Crippen molar-refractivity contribution in [1.82, 2.24) is 10.2 Å². The number of nitrogens with one attached hydrogen (secondary N) is 1. The Hall–Kier alpha value is -0.290. The summed E-state index contributed by atoms with van der Waals surface area (Å²) in [5.74, 6) is -0.258. The van der Waals surface area contributed by atoms with E-state index in [1.165, 1.54) is 0 Å². The Morgan fingerprint density at radius 3 is 2.50 bits per heavy atom. The quantitative estimate of drug-likeness (QED) is 0.742. The maximum atomic E-state index is 12.2. The van der Waals surface area contributed by atoms with E-state index >= 15 is 0 Å². The normalized spacial score (nSPS) is 30.6. The molecule has 5 heteroatoms. The molecule has 0 amide bonds. The summed E-state index contributed by atoms with van der Waals surface area (Å²) in [6.45, 7) is 1.39. The molecule has 0 radical (unpaired) electrons. The Morgan fingerprint density at radius 1 is 1.36 bits per heavy atom. The fourth-order valence-corrected chi connectivity index (χ4v) is 2.13. The lowest BCUT2D eigenvalue weighted by molar-refractivity contribution is -0.148. The fourth-order valence-electron chi connectivity index (χ4n) is 2.13. The molecular weight excluding hydrogens is 193 g/mol. The first-order valence-electron chi connectivity index (χ1n) is 4.83. The molecule has 14 heavy (non-hydrogen) atoms. The van der Waals surface area contributed by atoms with Crippen LogP contribution in [0.4, 0.5) is 13.2 Å². The van der Waals surface area contributed by atoms with Crippen molar-refractivity contribution in [3.05, 3.63) is 0 Å². The van der Waals surface area contributed by atoms with Crippen molar-refractivity contribution in [2.75, 3.05) is 27.2 Å². The molecular formula is C9H17F3N2. The summed E-state index contributed by atoms with van der Waals surface area (Å²) in [6, 6.07) is 0.195. The minimum atomic E-state index is -4.03. The number of nitrogens with zero attached hydrogens (tertiary/aromatic N) is 1. The Morgan fingerprint density at radius 2 is 2.00 bits per heavy atom. The zero-order valence-electron chi connectivity index (χ0n) is 8.56. The molecule has 1 saturated heterocycles. The largest absolute Gasteiger partial charge is 0.389 e. The lowest BCUT2D eigenvalue weighted by atomic mass is 9.92. The number of rotatable bonds is 2. The first kappa shape index (κ1) is 11.8. The number of piperidine rings is 1. The van der Waals surface area contributed by atoms with Crippen molar-refractivity contribution in [1.29, 1.82) is 0 Å². The highest BCUT2D eigenvalue weighted by Gasteiger charge is 2.35. The van der Waals surface area contributed by atoms with Gasteiger partial charge in [0.1, 0.15) is 0 Å². The molecule has 84 valence electrons. The number of likely N-dealkylation sites (tertiary alicyclic amines) is 1. The maximum Gasteiger partial charge on any atom is 0.389 e. The Bertz CT molecular complexity index is 181. The maximum absolute atomic E-state index is 12.2. The van der Waals surface area contributed by atoms with Gasteiger partial charge in [-0.2, -0.15) is 13.2 Å². The van der Waals surface area contributed by atoms with Crippen molar-refractivity contribution in [2.45, 2.75) is 25.1 Å². The second kappa shape index (κ2) is 4.49. The van der Waals surface area contributed by atoms with Crippen molar-refractivity contribution in [3.8, 4) is 0 Å². The van der Waals surface area contributed by atoms with E-state index in [1.807, 2.05) is 11.9 Å². The van der Waals surface area contributed by atoms with Gasteiger partial charge in [-0.3, -0.25) is 0 Å². The molecule has 0 aromatic heterocycles. The zero-order valence-corrected chi connectivity index (χ0v) is 8.56. The summed E-state index contributed by atoms with van der Waals surface area (Å²) in [7, 11) is 3.67. The van der Waals surface area contributed by atoms with Crippen molar-refractivity contribution < 1.29 is 13.2 Å². The molecule has 0 saturated carbocycles. The summed E-state index contributed by atoms with van der Waals surface area (Å²) < 4.78 is 36.5. The summed E-state index contributed by atoms with van der Waals surface area (Å²) in [5, 5.41) is 3.04. The van der Waals surface area contributed by atoms with E-state index in [0.29, 0.717) is 13.0 Å². The highest BCUT2D eigenvalue weighted by molar-refractivity contribution is 4.82. The Kier molecular flexibility index (Phi) is 3.78. The number of alkyl halides is 3. The summed E-state index contributed by atoms with van der Waals surface area (Å²) in [6.07, 6.45) is -4.06. The van der Waals surface area contributed by atoms with Crippen molar-refractivity contribution in [2.24, 2.45) is 5.92 Å². The number of halogens is 3. The lowest BCUT2D eigenvalue weighted by Gasteiger charge is -2.35. The number of hydrogen-bond donors (Lipinski definition) is 1. The van der Waals surface area contributed by atoms with Crippen LogP contribution in [0.1, 0.15) is 12.8 Å². The SMILES string of the molecule is CNC1CC(CC(F)(F)F)CN(C)C1. The average Bonchev–Trinajstić information content (AvgIpc) is 1.99. The van der Waals surface area contributed by atoms with Gasteiger partial charge in [0.25, 0.3) is 0 Å². The van der Waals surface area contributed by atoms with Crippen LogP contribution in [0.3, 0.4) is 0 Å². The van der Waals surface area contributed by atoms with E-state index in [1.54, 1.807) is 7.05 Å². The van der Waals surface area contributed by atoms with Gasteiger partial charge < -0.3 is 10.2 Å². The molecule has 0 spiro atoms. The van der Waals surface area contributed by atoms with E-state index < -0.39 is 12.6 Å². The van der Waals surface area contributed by atoms with Crippen LogP contribution < -0.4 is 5.32 Å². The Labute approximate surface area is 82.5 Å². The molecule has 0 aromatic carbocycles. The minimum Gasteiger partial charge on any atom is -0.316 e. The first-order valence-corrected chi connectivity index (χ1v) is 4.83. The fraction of sp³-hybridized carbons (Fsp3) is 1.00. The van der Waals surface area contributed by atoms with Crippen LogP contribution in [0.25, 0.3) is 0 Å². The van der Waals surface area contributed by atoms with Crippen LogP contribution >= 0.6 is 0 Å². The van der Waals surface area contributed by atoms with E-state index in [9.17, 15) is 13.2 Å². The lowest BCUT2D eigenvalue weighted by Crippen LogP contribution is -2.47. The molecule has 0 aliphatic carbocycles. The third-order valence-electron chi connectivity index (χ3n) is 2.65. The van der Waals surface area contributed by atoms with Crippen LogP contribution in [0.15, 0.2) is 0 Å². The highest BCUT2D eigenvalue weighted by Crippen LogP contribution is 2.29. The summed E-state index contributed by atoms with van der Waals surface area (Å²) in [4.78, 5) is 1.96. The number of likely N-dealkylation sites (N-methyl/N-ethyl adjacent to an activating group) is 2. The predicted octanol–water partition coefficient (Wildman–Crippen LogP) is 1.48. The van der Waals surface area contributed by atoms with Crippen molar-refractivity contribution in [3.63, 3.8) is 0 Å². The van der Waals surface area contributed by atoms with Gasteiger partial charge in [-0.1, -0.05) is 0 Å². The first-order chi connectivity index (χ1) is 6.40. The summed E-state index contributed by atoms with van der Waals surface area (Å²) in [5.41, 5.74) is 0. The van der Waals surface area contributed by atoms with E-state index in [-0.39, 0.29) is 12.0 Å². The second-order valence-corrected chi connectivity index (χ2v) is 4.13. The highest BCUT2D eigenvalue weighted by atomic mass is 19.4. The Balaban J connectivity index is 2.45. The van der Waals surface area contributed by atoms with Gasteiger partial charge in [0.2, 0.25) is 0 Å². The van der Waals surface area contributed by atoms with Gasteiger partial charge in [0.15, 0.2) is 0 Å². The third-order valence-corrected chi connectivity index (χ3v) is 2.65. The van der Waals surface area contributed by atoms with Crippen molar-refractivity contribution >= 4 is 0 Å². The molecule has 0 aromatic rings. The molecule has 1 rings (SSSR count). The van der Waals surface area contributed by atoms with Gasteiger partial charge in [-0.05, 0) is 26.4 Å². The summed E-state index contributed by atoms with van der Waals surface area (Å²) >= 11 is 0. The van der Waals surface area contributed by atoms with Gasteiger partial charge in [0.05, 0.1) is 0 Å². The van der Waals surface area contributed by atoms with Gasteiger partial charge >= 0.3 is 6.18 Å². The molecule has 2 unspecified atom stereocenters. The van der Waals surface area contributed by atoms with Crippen LogP contribution in [0.2, 0.25) is 0 Å².